The number of rotatable bonds is 2. The molecule has 2 amide bonds. The predicted molar refractivity (Wildman–Crippen MR) is 83.0 cm³/mol. The molecular weight excluding hydrogens is 288 g/mol. The SMILES string of the molecule is NC(=S)c1cc(N2CC(=O)NC(=O)C2)nc2ccccc12. The summed E-state index contributed by atoms with van der Waals surface area (Å²) in [7, 11) is 0. The van der Waals surface area contributed by atoms with Crippen molar-refractivity contribution < 1.29 is 9.59 Å². The van der Waals surface area contributed by atoms with E-state index in [4.69, 9.17) is 18.0 Å². The minimum Gasteiger partial charge on any atom is -0.389 e. The molecule has 106 valence electrons. The minimum atomic E-state index is -0.349. The second kappa shape index (κ2) is 5.10. The van der Waals surface area contributed by atoms with Gasteiger partial charge in [0.2, 0.25) is 11.8 Å². The summed E-state index contributed by atoms with van der Waals surface area (Å²) in [5.41, 5.74) is 7.17. The van der Waals surface area contributed by atoms with Gasteiger partial charge in [0.25, 0.3) is 0 Å². The summed E-state index contributed by atoms with van der Waals surface area (Å²) in [5, 5.41) is 3.10. The van der Waals surface area contributed by atoms with Crippen LogP contribution in [0.2, 0.25) is 0 Å². The van der Waals surface area contributed by atoms with Gasteiger partial charge >= 0.3 is 0 Å². The lowest BCUT2D eigenvalue weighted by molar-refractivity contribution is -0.130. The molecule has 0 aliphatic carbocycles. The number of nitrogens with one attached hydrogen (secondary N) is 1. The van der Waals surface area contributed by atoms with E-state index in [-0.39, 0.29) is 29.9 Å². The zero-order chi connectivity index (χ0) is 15.0. The Morgan fingerprint density at radius 1 is 1.24 bits per heavy atom. The Labute approximate surface area is 125 Å². The first kappa shape index (κ1) is 13.4. The van der Waals surface area contributed by atoms with Gasteiger partial charge in [-0.05, 0) is 12.1 Å². The lowest BCUT2D eigenvalue weighted by Gasteiger charge is -2.27. The van der Waals surface area contributed by atoms with Gasteiger partial charge in [-0.2, -0.15) is 0 Å². The Hall–Kier alpha value is -2.54. The maximum absolute atomic E-state index is 11.5. The minimum absolute atomic E-state index is 0.0772. The third-order valence-corrected chi connectivity index (χ3v) is 3.46. The number of para-hydroxylation sites is 1. The Morgan fingerprint density at radius 3 is 2.57 bits per heavy atom. The molecule has 0 unspecified atom stereocenters. The predicted octanol–water partition coefficient (Wildman–Crippen LogP) is 0.332. The maximum Gasteiger partial charge on any atom is 0.246 e. The molecule has 1 fully saturated rings. The second-order valence-corrected chi connectivity index (χ2v) is 5.18. The first-order valence-electron chi connectivity index (χ1n) is 6.32. The van der Waals surface area contributed by atoms with Crippen molar-refractivity contribution in [2.75, 3.05) is 18.0 Å². The number of hydrogen-bond acceptors (Lipinski definition) is 5. The summed E-state index contributed by atoms with van der Waals surface area (Å²) in [6, 6.07) is 9.18. The van der Waals surface area contributed by atoms with Crippen molar-refractivity contribution >= 4 is 45.7 Å². The first-order chi connectivity index (χ1) is 10.0. The van der Waals surface area contributed by atoms with Gasteiger partial charge in [-0.25, -0.2) is 4.98 Å². The summed E-state index contributed by atoms with van der Waals surface area (Å²) in [5.74, 6) is -0.184. The van der Waals surface area contributed by atoms with Gasteiger partial charge in [0.05, 0.1) is 18.6 Å². The molecule has 0 saturated carbocycles. The number of amides is 2. The van der Waals surface area contributed by atoms with Crippen molar-refractivity contribution in [3.05, 3.63) is 35.9 Å². The molecule has 0 bridgehead atoms. The lowest BCUT2D eigenvalue weighted by Crippen LogP contribution is -2.51. The molecule has 1 saturated heterocycles. The van der Waals surface area contributed by atoms with E-state index in [1.54, 1.807) is 11.0 Å². The van der Waals surface area contributed by atoms with Gasteiger partial charge in [-0.1, -0.05) is 30.4 Å². The highest BCUT2D eigenvalue weighted by Gasteiger charge is 2.24. The van der Waals surface area contributed by atoms with Crippen LogP contribution < -0.4 is 16.0 Å². The highest BCUT2D eigenvalue weighted by atomic mass is 32.1. The largest absolute Gasteiger partial charge is 0.389 e. The quantitative estimate of drug-likeness (QED) is 0.614. The Morgan fingerprint density at radius 2 is 1.90 bits per heavy atom. The molecule has 2 heterocycles. The molecule has 3 N–H and O–H groups in total. The van der Waals surface area contributed by atoms with E-state index < -0.39 is 0 Å². The molecule has 1 aromatic heterocycles. The zero-order valence-electron chi connectivity index (χ0n) is 11.0. The summed E-state index contributed by atoms with van der Waals surface area (Å²) in [4.78, 5) is 29.3. The molecule has 0 atom stereocenters. The summed E-state index contributed by atoms with van der Waals surface area (Å²) in [6.45, 7) is 0.154. The normalized spacial score (nSPS) is 15.1. The molecule has 3 rings (SSSR count). The van der Waals surface area contributed by atoms with Crippen molar-refractivity contribution in [1.82, 2.24) is 10.3 Å². The number of hydrogen-bond donors (Lipinski definition) is 2. The number of anilines is 1. The van der Waals surface area contributed by atoms with Crippen LogP contribution >= 0.6 is 12.2 Å². The summed E-state index contributed by atoms with van der Waals surface area (Å²) < 4.78 is 0. The first-order valence-corrected chi connectivity index (χ1v) is 6.72. The highest BCUT2D eigenvalue weighted by molar-refractivity contribution is 7.80. The molecule has 7 heteroatoms. The van der Waals surface area contributed by atoms with E-state index >= 15 is 0 Å². The summed E-state index contributed by atoms with van der Waals surface area (Å²) in [6.07, 6.45) is 0. The van der Waals surface area contributed by atoms with Gasteiger partial charge in [0.15, 0.2) is 0 Å². The van der Waals surface area contributed by atoms with Crippen LogP contribution in [-0.2, 0) is 9.59 Å². The standard InChI is InChI=1S/C14H12N4O2S/c15-14(21)9-5-11(16-10-4-2-1-3-8(9)10)18-6-12(19)17-13(20)7-18/h1-5H,6-7H2,(H2,15,21)(H,17,19,20). The molecular formula is C14H12N4O2S. The zero-order valence-corrected chi connectivity index (χ0v) is 11.8. The van der Waals surface area contributed by atoms with E-state index in [1.807, 2.05) is 24.3 Å². The number of aromatic nitrogens is 1. The van der Waals surface area contributed by atoms with Gasteiger partial charge in [0.1, 0.15) is 10.8 Å². The monoisotopic (exact) mass is 300 g/mol. The van der Waals surface area contributed by atoms with E-state index in [1.165, 1.54) is 0 Å². The average Bonchev–Trinajstić information content (AvgIpc) is 2.45. The number of carbonyl (C=O) groups is 2. The number of piperazine rings is 1. The van der Waals surface area contributed by atoms with Crippen molar-refractivity contribution in [2.24, 2.45) is 5.73 Å². The Balaban J connectivity index is 2.13. The number of benzene rings is 1. The molecule has 2 aromatic rings. The number of fused-ring (bicyclic) bond motifs is 1. The highest BCUT2D eigenvalue weighted by Crippen LogP contribution is 2.23. The second-order valence-electron chi connectivity index (χ2n) is 4.74. The number of carbonyl (C=O) groups excluding carboxylic acids is 2. The van der Waals surface area contributed by atoms with Crippen LogP contribution in [0.15, 0.2) is 30.3 Å². The molecule has 21 heavy (non-hydrogen) atoms. The fraction of sp³-hybridized carbons (Fsp3) is 0.143. The van der Waals surface area contributed by atoms with Gasteiger partial charge in [-0.3, -0.25) is 14.9 Å². The van der Waals surface area contributed by atoms with Gasteiger partial charge in [-0.15, -0.1) is 0 Å². The Bertz CT molecular complexity index is 759. The number of pyridine rings is 1. The fourth-order valence-electron chi connectivity index (χ4n) is 2.33. The number of nitrogens with zero attached hydrogens (tertiary/aromatic N) is 2. The van der Waals surface area contributed by atoms with Crippen LogP contribution in [0.3, 0.4) is 0 Å². The van der Waals surface area contributed by atoms with E-state index in [2.05, 4.69) is 10.3 Å². The molecule has 0 spiro atoms. The molecule has 0 radical (unpaired) electrons. The van der Waals surface area contributed by atoms with Crippen molar-refractivity contribution in [2.45, 2.75) is 0 Å². The van der Waals surface area contributed by atoms with Crippen molar-refractivity contribution in [3.8, 4) is 0 Å². The van der Waals surface area contributed by atoms with Crippen molar-refractivity contribution in [1.29, 1.82) is 0 Å². The van der Waals surface area contributed by atoms with Gasteiger partial charge in [0, 0.05) is 10.9 Å². The van der Waals surface area contributed by atoms with Crippen LogP contribution in [0.1, 0.15) is 5.56 Å². The van der Waals surface area contributed by atoms with Crippen LogP contribution in [0.5, 0.6) is 0 Å². The number of nitrogens with two attached hydrogens (primary N) is 1. The number of imide groups is 1. The van der Waals surface area contributed by atoms with Crippen LogP contribution in [-0.4, -0.2) is 34.9 Å². The van der Waals surface area contributed by atoms with Crippen molar-refractivity contribution in [3.63, 3.8) is 0 Å². The molecule has 1 aliphatic heterocycles. The smallest absolute Gasteiger partial charge is 0.246 e. The average molecular weight is 300 g/mol. The topological polar surface area (TPSA) is 88.3 Å². The molecule has 1 aromatic carbocycles. The van der Waals surface area contributed by atoms with E-state index in [9.17, 15) is 9.59 Å². The van der Waals surface area contributed by atoms with Crippen LogP contribution in [0.4, 0.5) is 5.82 Å². The van der Waals surface area contributed by atoms with Crippen LogP contribution in [0.25, 0.3) is 10.9 Å². The van der Waals surface area contributed by atoms with Crippen LogP contribution in [0, 0.1) is 0 Å². The maximum atomic E-state index is 11.5. The molecule has 6 nitrogen and oxygen atoms in total. The van der Waals surface area contributed by atoms with Gasteiger partial charge < -0.3 is 10.6 Å². The van der Waals surface area contributed by atoms with E-state index in [0.29, 0.717) is 11.4 Å². The third kappa shape index (κ3) is 2.55. The van der Waals surface area contributed by atoms with E-state index in [0.717, 1.165) is 10.9 Å². The third-order valence-electron chi connectivity index (χ3n) is 3.24. The fourth-order valence-corrected chi connectivity index (χ4v) is 2.50. The lowest BCUT2D eigenvalue weighted by atomic mass is 10.1. The number of thiocarbonyl (C=S) groups is 1. The summed E-state index contributed by atoms with van der Waals surface area (Å²) >= 11 is 5.08. The Kier molecular flexibility index (Phi) is 3.26. The molecule has 1 aliphatic rings.